The van der Waals surface area contributed by atoms with Crippen LogP contribution in [0.15, 0.2) is 72.8 Å². The van der Waals surface area contributed by atoms with Crippen LogP contribution in [0.3, 0.4) is 0 Å². The topological polar surface area (TPSA) is 55.9 Å². The Hall–Kier alpha value is -4.01. The smallest absolute Gasteiger partial charge is 0.368 e. The van der Waals surface area contributed by atoms with Crippen LogP contribution in [0, 0.1) is 5.92 Å². The first-order valence-corrected chi connectivity index (χ1v) is 13.1. The zero-order chi connectivity index (χ0) is 27.7. The minimum absolute atomic E-state index is 0.00729. The molecular weight excluding hydrogens is 505 g/mol. The number of carbonyl (C=O) groups is 2. The summed E-state index contributed by atoms with van der Waals surface area (Å²) in [6, 6.07) is 20.1. The van der Waals surface area contributed by atoms with Crippen molar-refractivity contribution >= 4 is 23.2 Å². The van der Waals surface area contributed by atoms with Crippen LogP contribution in [-0.4, -0.2) is 54.3 Å². The first-order chi connectivity index (χ1) is 18.6. The van der Waals surface area contributed by atoms with Gasteiger partial charge in [-0.05, 0) is 54.4 Å². The largest absolute Gasteiger partial charge is 0.416 e. The predicted octanol–water partition coefficient (Wildman–Crippen LogP) is 5.89. The van der Waals surface area contributed by atoms with Gasteiger partial charge < -0.3 is 20.0 Å². The van der Waals surface area contributed by atoms with Gasteiger partial charge in [0.2, 0.25) is 0 Å². The maximum atomic E-state index is 13.1. The molecular formula is C30H31F3N4O2. The van der Waals surface area contributed by atoms with E-state index < -0.39 is 11.7 Å². The fourth-order valence-electron chi connectivity index (χ4n) is 5.20. The van der Waals surface area contributed by atoms with Crippen molar-refractivity contribution in [2.75, 3.05) is 42.9 Å². The first kappa shape index (κ1) is 26.6. The van der Waals surface area contributed by atoms with Crippen LogP contribution >= 0.6 is 0 Å². The summed E-state index contributed by atoms with van der Waals surface area (Å²) in [7, 11) is 0. The fourth-order valence-corrected chi connectivity index (χ4v) is 5.20. The molecule has 6 nitrogen and oxygen atoms in total. The molecule has 1 N–H and O–H groups in total. The van der Waals surface area contributed by atoms with E-state index in [2.05, 4.69) is 19.2 Å². The SMILES string of the molecule is CC(C)CN1C(=O)c2ccccc2C1Nc1ccc(C(=O)N2CCN(c3cccc(C(F)(F)F)c3)CC2)cc1. The van der Waals surface area contributed by atoms with Crippen molar-refractivity contribution in [3.8, 4) is 0 Å². The number of hydrogen-bond donors (Lipinski definition) is 1. The van der Waals surface area contributed by atoms with E-state index >= 15 is 0 Å². The molecule has 204 valence electrons. The van der Waals surface area contributed by atoms with Gasteiger partial charge in [0.05, 0.1) is 5.56 Å². The number of carbonyl (C=O) groups excluding carboxylic acids is 2. The van der Waals surface area contributed by atoms with Gasteiger partial charge in [-0.2, -0.15) is 13.2 Å². The van der Waals surface area contributed by atoms with Gasteiger partial charge >= 0.3 is 6.18 Å². The van der Waals surface area contributed by atoms with Crippen LogP contribution in [0.1, 0.15) is 51.9 Å². The molecule has 0 bridgehead atoms. The number of fused-ring (bicyclic) bond motifs is 1. The third kappa shape index (κ3) is 5.57. The summed E-state index contributed by atoms with van der Waals surface area (Å²) in [5, 5.41) is 3.46. The Kier molecular flexibility index (Phi) is 7.25. The van der Waals surface area contributed by atoms with Crippen molar-refractivity contribution in [1.29, 1.82) is 0 Å². The number of anilines is 2. The van der Waals surface area contributed by atoms with E-state index in [0.717, 1.165) is 23.4 Å². The number of rotatable bonds is 6. The molecule has 1 fully saturated rings. The van der Waals surface area contributed by atoms with Crippen LogP contribution in [0.4, 0.5) is 24.5 Å². The lowest BCUT2D eigenvalue weighted by molar-refractivity contribution is -0.137. The molecule has 5 rings (SSSR count). The van der Waals surface area contributed by atoms with Crippen molar-refractivity contribution in [1.82, 2.24) is 9.80 Å². The van der Waals surface area contributed by atoms with Crippen LogP contribution < -0.4 is 10.2 Å². The zero-order valence-electron chi connectivity index (χ0n) is 21.9. The number of amides is 2. The number of alkyl halides is 3. The van der Waals surface area contributed by atoms with Crippen LogP contribution in [0.2, 0.25) is 0 Å². The van der Waals surface area contributed by atoms with Gasteiger partial charge in [-0.3, -0.25) is 9.59 Å². The minimum atomic E-state index is -4.39. The summed E-state index contributed by atoms with van der Waals surface area (Å²) in [4.78, 5) is 31.6. The summed E-state index contributed by atoms with van der Waals surface area (Å²) in [6.07, 6.45) is -4.68. The predicted molar refractivity (Wildman–Crippen MR) is 145 cm³/mol. The second-order valence-corrected chi connectivity index (χ2v) is 10.4. The number of nitrogens with zero attached hydrogens (tertiary/aromatic N) is 3. The van der Waals surface area contributed by atoms with Crippen LogP contribution in [0.5, 0.6) is 0 Å². The maximum absolute atomic E-state index is 13.1. The number of hydrogen-bond acceptors (Lipinski definition) is 4. The van der Waals surface area contributed by atoms with Crippen molar-refractivity contribution in [3.63, 3.8) is 0 Å². The molecule has 2 aliphatic rings. The Balaban J connectivity index is 1.23. The average molecular weight is 537 g/mol. The van der Waals surface area contributed by atoms with E-state index in [9.17, 15) is 22.8 Å². The second-order valence-electron chi connectivity index (χ2n) is 10.4. The van der Waals surface area contributed by atoms with Gasteiger partial charge in [-0.25, -0.2) is 0 Å². The van der Waals surface area contributed by atoms with E-state index in [4.69, 9.17) is 0 Å². The van der Waals surface area contributed by atoms with E-state index in [1.807, 2.05) is 46.2 Å². The maximum Gasteiger partial charge on any atom is 0.416 e. The van der Waals surface area contributed by atoms with E-state index in [1.54, 1.807) is 23.1 Å². The van der Waals surface area contributed by atoms with Gasteiger partial charge in [0.1, 0.15) is 6.17 Å². The van der Waals surface area contributed by atoms with Crippen molar-refractivity contribution in [2.24, 2.45) is 5.92 Å². The Labute approximate surface area is 226 Å². The number of piperazine rings is 1. The van der Waals surface area contributed by atoms with Crippen molar-refractivity contribution < 1.29 is 22.8 Å². The van der Waals surface area contributed by atoms with E-state index in [0.29, 0.717) is 55.5 Å². The molecule has 1 atom stereocenters. The Morgan fingerprint density at radius 2 is 1.64 bits per heavy atom. The number of halogens is 3. The third-order valence-electron chi connectivity index (χ3n) is 7.16. The minimum Gasteiger partial charge on any atom is -0.368 e. The van der Waals surface area contributed by atoms with E-state index in [-0.39, 0.29) is 18.0 Å². The normalized spacial score (nSPS) is 17.5. The molecule has 2 heterocycles. The second kappa shape index (κ2) is 10.6. The standard InChI is InChI=1S/C30H31F3N4O2/c1-20(2)19-37-27(25-8-3-4-9-26(25)29(37)39)34-23-12-10-21(11-13-23)28(38)36-16-14-35(15-17-36)24-7-5-6-22(18-24)30(31,32)33/h3-13,18,20,27,34H,14-17,19H2,1-2H3. The van der Waals surface area contributed by atoms with Crippen molar-refractivity contribution in [2.45, 2.75) is 26.2 Å². The van der Waals surface area contributed by atoms with Gasteiger partial charge in [-0.1, -0.05) is 38.1 Å². The first-order valence-electron chi connectivity index (χ1n) is 13.1. The number of nitrogens with one attached hydrogen (secondary N) is 1. The highest BCUT2D eigenvalue weighted by Crippen LogP contribution is 2.35. The Morgan fingerprint density at radius 3 is 2.31 bits per heavy atom. The molecule has 0 aromatic heterocycles. The highest BCUT2D eigenvalue weighted by molar-refractivity contribution is 5.99. The van der Waals surface area contributed by atoms with E-state index in [1.165, 1.54) is 6.07 Å². The summed E-state index contributed by atoms with van der Waals surface area (Å²) < 4.78 is 39.3. The zero-order valence-corrected chi connectivity index (χ0v) is 21.9. The molecule has 9 heteroatoms. The van der Waals surface area contributed by atoms with Gasteiger partial charge in [0, 0.05) is 60.8 Å². The lowest BCUT2D eigenvalue weighted by atomic mass is 10.1. The summed E-state index contributed by atoms with van der Waals surface area (Å²) >= 11 is 0. The average Bonchev–Trinajstić information content (AvgIpc) is 3.18. The third-order valence-corrected chi connectivity index (χ3v) is 7.16. The Bertz CT molecular complexity index is 1350. The lowest BCUT2D eigenvalue weighted by Gasteiger charge is -2.36. The van der Waals surface area contributed by atoms with Crippen LogP contribution in [-0.2, 0) is 6.18 Å². The summed E-state index contributed by atoms with van der Waals surface area (Å²) in [5.74, 6) is 0.197. The molecule has 0 aliphatic carbocycles. The lowest BCUT2D eigenvalue weighted by Crippen LogP contribution is -2.48. The monoisotopic (exact) mass is 536 g/mol. The quantitative estimate of drug-likeness (QED) is 0.427. The molecule has 2 amide bonds. The van der Waals surface area contributed by atoms with Crippen molar-refractivity contribution in [3.05, 3.63) is 95.1 Å². The molecule has 0 radical (unpaired) electrons. The molecule has 0 saturated carbocycles. The molecule has 39 heavy (non-hydrogen) atoms. The number of benzene rings is 3. The molecule has 2 aliphatic heterocycles. The molecule has 3 aromatic carbocycles. The molecule has 0 spiro atoms. The van der Waals surface area contributed by atoms with Gasteiger partial charge in [0.25, 0.3) is 11.8 Å². The summed E-state index contributed by atoms with van der Waals surface area (Å²) in [6.45, 7) is 6.51. The van der Waals surface area contributed by atoms with Gasteiger partial charge in [0.15, 0.2) is 0 Å². The molecule has 3 aromatic rings. The van der Waals surface area contributed by atoms with Gasteiger partial charge in [-0.15, -0.1) is 0 Å². The highest BCUT2D eigenvalue weighted by atomic mass is 19.4. The fraction of sp³-hybridized carbons (Fsp3) is 0.333. The Morgan fingerprint density at radius 1 is 0.949 bits per heavy atom. The molecule has 1 saturated heterocycles. The van der Waals surface area contributed by atoms with Crippen LogP contribution in [0.25, 0.3) is 0 Å². The molecule has 1 unspecified atom stereocenters. The highest BCUT2D eigenvalue weighted by Gasteiger charge is 2.36. The summed E-state index contributed by atoms with van der Waals surface area (Å²) in [5.41, 5.74) is 2.80.